The van der Waals surface area contributed by atoms with Crippen LogP contribution in [0.3, 0.4) is 0 Å². The Hall–Kier alpha value is -0.610. The van der Waals surface area contributed by atoms with Crippen molar-refractivity contribution in [1.29, 1.82) is 0 Å². The molecule has 1 unspecified atom stereocenters. The number of carbonyl (C=O) groups is 1. The number of carbonyl (C=O) groups excluding carboxylic acids is 1. The van der Waals surface area contributed by atoms with E-state index in [2.05, 4.69) is 0 Å². The van der Waals surface area contributed by atoms with Crippen molar-refractivity contribution in [3.05, 3.63) is 0 Å². The number of piperidine rings is 1. The molecule has 1 rings (SSSR count). The van der Waals surface area contributed by atoms with Crippen LogP contribution < -0.4 is 0 Å². The molecule has 1 aliphatic rings. The van der Waals surface area contributed by atoms with Crippen molar-refractivity contribution in [2.75, 3.05) is 6.54 Å². The van der Waals surface area contributed by atoms with Gasteiger partial charge in [0.15, 0.2) is 6.23 Å². The molecule has 0 bridgehead atoms. The number of ether oxygens (including phenoxy) is 1. The van der Waals surface area contributed by atoms with Crippen LogP contribution in [0.15, 0.2) is 0 Å². The fourth-order valence-electron chi connectivity index (χ4n) is 1.42. The zero-order valence-corrected chi connectivity index (χ0v) is 8.03. The van der Waals surface area contributed by atoms with Gasteiger partial charge in [0.25, 0.3) is 0 Å². The average molecular weight is 187 g/mol. The molecule has 0 aromatic carbocycles. The molecule has 1 heterocycles. The molecular weight excluding hydrogens is 170 g/mol. The van der Waals surface area contributed by atoms with Crippen LogP contribution in [-0.2, 0) is 9.53 Å². The van der Waals surface area contributed by atoms with E-state index in [1.165, 1.54) is 0 Å². The van der Waals surface area contributed by atoms with Crippen molar-refractivity contribution in [1.82, 2.24) is 5.06 Å². The number of rotatable bonds is 3. The normalized spacial score (nSPS) is 24.3. The maximum absolute atomic E-state index is 11.1. The largest absolute Gasteiger partial charge is 0.444 e. The molecule has 0 aromatic heterocycles. The van der Waals surface area contributed by atoms with E-state index >= 15 is 0 Å². The third-order valence-electron chi connectivity index (χ3n) is 2.14. The average Bonchev–Trinajstić information content (AvgIpc) is 2.09. The molecule has 1 atom stereocenters. The van der Waals surface area contributed by atoms with Crippen molar-refractivity contribution < 1.29 is 14.7 Å². The highest BCUT2D eigenvalue weighted by Gasteiger charge is 2.23. The van der Waals surface area contributed by atoms with Crippen molar-refractivity contribution in [2.24, 2.45) is 0 Å². The molecule has 76 valence electrons. The van der Waals surface area contributed by atoms with Crippen LogP contribution in [0.1, 0.15) is 39.0 Å². The van der Waals surface area contributed by atoms with E-state index in [-0.39, 0.29) is 5.97 Å². The smallest absolute Gasteiger partial charge is 0.307 e. The summed E-state index contributed by atoms with van der Waals surface area (Å²) < 4.78 is 5.08. The highest BCUT2D eigenvalue weighted by molar-refractivity contribution is 5.69. The summed E-state index contributed by atoms with van der Waals surface area (Å²) in [4.78, 5) is 11.1. The standard InChI is InChI=1S/C9H17NO3/c1-2-5-9(11)13-8-6-3-4-7-10(8)12/h8,12H,2-7H2,1H3. The second-order valence-electron chi connectivity index (χ2n) is 3.35. The minimum atomic E-state index is -0.409. The Kier molecular flexibility index (Phi) is 4.18. The molecule has 1 fully saturated rings. The van der Waals surface area contributed by atoms with Crippen molar-refractivity contribution in [3.8, 4) is 0 Å². The Morgan fingerprint density at radius 3 is 3.00 bits per heavy atom. The fraction of sp³-hybridized carbons (Fsp3) is 0.889. The summed E-state index contributed by atoms with van der Waals surface area (Å²) in [5.74, 6) is -0.214. The van der Waals surface area contributed by atoms with Gasteiger partial charge in [-0.2, -0.15) is 5.06 Å². The molecule has 0 aliphatic carbocycles. The van der Waals surface area contributed by atoms with Gasteiger partial charge in [-0.25, -0.2) is 0 Å². The monoisotopic (exact) mass is 187 g/mol. The summed E-state index contributed by atoms with van der Waals surface area (Å²) in [6, 6.07) is 0. The first-order chi connectivity index (χ1) is 6.24. The molecule has 1 saturated heterocycles. The van der Waals surface area contributed by atoms with Crippen LogP contribution >= 0.6 is 0 Å². The van der Waals surface area contributed by atoms with Crippen LogP contribution in [0.2, 0.25) is 0 Å². The van der Waals surface area contributed by atoms with Gasteiger partial charge in [0.2, 0.25) is 0 Å². The fourth-order valence-corrected chi connectivity index (χ4v) is 1.42. The number of esters is 1. The summed E-state index contributed by atoms with van der Waals surface area (Å²) in [7, 11) is 0. The summed E-state index contributed by atoms with van der Waals surface area (Å²) in [5.41, 5.74) is 0. The minimum absolute atomic E-state index is 0.214. The molecule has 0 amide bonds. The predicted molar refractivity (Wildman–Crippen MR) is 47.1 cm³/mol. The first kappa shape index (κ1) is 10.5. The Morgan fingerprint density at radius 2 is 2.38 bits per heavy atom. The maximum atomic E-state index is 11.1. The molecule has 4 nitrogen and oxygen atoms in total. The van der Waals surface area contributed by atoms with Gasteiger partial charge in [-0.15, -0.1) is 0 Å². The lowest BCUT2D eigenvalue weighted by molar-refractivity contribution is -0.228. The molecule has 1 N–H and O–H groups in total. The third kappa shape index (κ3) is 3.32. The lowest BCUT2D eigenvalue weighted by atomic mass is 10.1. The number of hydrogen-bond donors (Lipinski definition) is 1. The molecule has 0 radical (unpaired) electrons. The highest BCUT2D eigenvalue weighted by Crippen LogP contribution is 2.16. The number of hydrogen-bond acceptors (Lipinski definition) is 4. The Morgan fingerprint density at radius 1 is 1.62 bits per heavy atom. The van der Waals surface area contributed by atoms with Crippen molar-refractivity contribution in [2.45, 2.75) is 45.3 Å². The lowest BCUT2D eigenvalue weighted by Gasteiger charge is -2.29. The van der Waals surface area contributed by atoms with Gasteiger partial charge in [0, 0.05) is 19.4 Å². The third-order valence-corrected chi connectivity index (χ3v) is 2.14. The van der Waals surface area contributed by atoms with Gasteiger partial charge < -0.3 is 9.94 Å². The van der Waals surface area contributed by atoms with Crippen LogP contribution in [0.25, 0.3) is 0 Å². The van der Waals surface area contributed by atoms with Crippen molar-refractivity contribution >= 4 is 5.97 Å². The van der Waals surface area contributed by atoms with E-state index in [1.54, 1.807) is 0 Å². The Labute approximate surface area is 78.4 Å². The molecule has 0 spiro atoms. The first-order valence-electron chi connectivity index (χ1n) is 4.89. The summed E-state index contributed by atoms with van der Waals surface area (Å²) in [6.07, 6.45) is 3.54. The van der Waals surface area contributed by atoms with E-state index in [0.29, 0.717) is 13.0 Å². The molecule has 0 saturated carbocycles. The van der Waals surface area contributed by atoms with Gasteiger partial charge in [-0.1, -0.05) is 6.92 Å². The lowest BCUT2D eigenvalue weighted by Crippen LogP contribution is -2.39. The van der Waals surface area contributed by atoms with Gasteiger partial charge in [0.1, 0.15) is 0 Å². The topological polar surface area (TPSA) is 49.8 Å². The van der Waals surface area contributed by atoms with Gasteiger partial charge in [-0.05, 0) is 19.3 Å². The quantitative estimate of drug-likeness (QED) is 0.681. The van der Waals surface area contributed by atoms with Crippen LogP contribution in [-0.4, -0.2) is 29.0 Å². The van der Waals surface area contributed by atoms with Crippen molar-refractivity contribution in [3.63, 3.8) is 0 Å². The minimum Gasteiger partial charge on any atom is -0.444 e. The maximum Gasteiger partial charge on any atom is 0.307 e. The predicted octanol–water partition coefficient (Wildman–Crippen LogP) is 1.53. The second kappa shape index (κ2) is 5.19. The van der Waals surface area contributed by atoms with E-state index < -0.39 is 6.23 Å². The molecular formula is C9H17NO3. The summed E-state index contributed by atoms with van der Waals surface area (Å²) in [5, 5.41) is 10.5. The number of hydroxylamine groups is 2. The zero-order valence-electron chi connectivity index (χ0n) is 8.03. The van der Waals surface area contributed by atoms with Crippen LogP contribution in [0.5, 0.6) is 0 Å². The highest BCUT2D eigenvalue weighted by atomic mass is 16.6. The molecule has 4 heteroatoms. The van der Waals surface area contributed by atoms with E-state index in [9.17, 15) is 10.0 Å². The van der Waals surface area contributed by atoms with Gasteiger partial charge >= 0.3 is 5.97 Å². The van der Waals surface area contributed by atoms with Crippen LogP contribution in [0.4, 0.5) is 0 Å². The molecule has 1 aliphatic heterocycles. The molecule has 0 aromatic rings. The first-order valence-corrected chi connectivity index (χ1v) is 4.89. The Bertz CT molecular complexity index is 172. The molecule has 13 heavy (non-hydrogen) atoms. The number of nitrogens with zero attached hydrogens (tertiary/aromatic N) is 1. The Balaban J connectivity index is 2.29. The summed E-state index contributed by atoms with van der Waals surface area (Å²) >= 11 is 0. The SMILES string of the molecule is CCCC(=O)OC1CCCCN1O. The van der Waals surface area contributed by atoms with Crippen LogP contribution in [0, 0.1) is 0 Å². The zero-order chi connectivity index (χ0) is 9.68. The van der Waals surface area contributed by atoms with E-state index in [1.807, 2.05) is 6.92 Å². The van der Waals surface area contributed by atoms with Gasteiger partial charge in [-0.3, -0.25) is 4.79 Å². The second-order valence-corrected chi connectivity index (χ2v) is 3.35. The van der Waals surface area contributed by atoms with Gasteiger partial charge in [0.05, 0.1) is 0 Å². The summed E-state index contributed by atoms with van der Waals surface area (Å²) in [6.45, 7) is 2.53. The van der Waals surface area contributed by atoms with E-state index in [4.69, 9.17) is 4.74 Å². The van der Waals surface area contributed by atoms with E-state index in [0.717, 1.165) is 30.7 Å².